The number of aryl methyl sites for hydroxylation is 2. The maximum absolute atomic E-state index is 12.5. The van der Waals surface area contributed by atoms with Gasteiger partial charge in [-0.2, -0.15) is 0 Å². The number of carbonyl (C=O) groups is 3. The van der Waals surface area contributed by atoms with Crippen LogP contribution in [0.15, 0.2) is 10.2 Å². The van der Waals surface area contributed by atoms with Gasteiger partial charge >= 0.3 is 10.8 Å². The molecule has 25 heavy (non-hydrogen) atoms. The highest BCUT2D eigenvalue weighted by Crippen LogP contribution is 2.20. The molecule has 0 aliphatic carbocycles. The van der Waals surface area contributed by atoms with E-state index in [1.807, 2.05) is 0 Å². The minimum atomic E-state index is -1.03. The Bertz CT molecular complexity index is 903. The number of nitrogens with zero attached hydrogens (tertiary/aromatic N) is 1. The third kappa shape index (κ3) is 3.79. The van der Waals surface area contributed by atoms with Crippen molar-refractivity contribution >= 4 is 28.9 Å². The summed E-state index contributed by atoms with van der Waals surface area (Å²) >= 11 is 1.000. The monoisotopic (exact) mass is 364 g/mol. The molecule has 2 aromatic rings. The summed E-state index contributed by atoms with van der Waals surface area (Å²) in [4.78, 5) is 50.5. The van der Waals surface area contributed by atoms with Gasteiger partial charge in [0.25, 0.3) is 0 Å². The van der Waals surface area contributed by atoms with E-state index in [2.05, 4.69) is 4.98 Å². The zero-order valence-corrected chi connectivity index (χ0v) is 15.6. The smallest absolute Gasteiger partial charge is 0.326 e. The van der Waals surface area contributed by atoms with Gasteiger partial charge in [0.15, 0.2) is 11.9 Å². The summed E-state index contributed by atoms with van der Waals surface area (Å²) in [7, 11) is 0. The lowest BCUT2D eigenvalue weighted by molar-refractivity contribution is -0.147. The third-order valence-electron chi connectivity index (χ3n) is 3.98. The van der Waals surface area contributed by atoms with E-state index in [4.69, 9.17) is 4.74 Å². The van der Waals surface area contributed by atoms with E-state index in [1.54, 1.807) is 26.2 Å². The molecule has 2 aromatic heterocycles. The second kappa shape index (κ2) is 7.18. The van der Waals surface area contributed by atoms with E-state index < -0.39 is 17.9 Å². The maximum atomic E-state index is 12.5. The van der Waals surface area contributed by atoms with Crippen LogP contribution in [0.2, 0.25) is 0 Å². The Morgan fingerprint density at radius 1 is 1.28 bits per heavy atom. The molecule has 0 aliphatic heterocycles. The van der Waals surface area contributed by atoms with E-state index >= 15 is 0 Å². The van der Waals surface area contributed by atoms with Gasteiger partial charge in [-0.25, -0.2) is 0 Å². The van der Waals surface area contributed by atoms with Crippen LogP contribution < -0.4 is 4.87 Å². The van der Waals surface area contributed by atoms with Crippen LogP contribution in [0.5, 0.6) is 0 Å². The lowest BCUT2D eigenvalue weighted by Crippen LogP contribution is -2.29. The summed E-state index contributed by atoms with van der Waals surface area (Å²) in [5, 5.41) is 1.65. The van der Waals surface area contributed by atoms with Gasteiger partial charge in [-0.1, -0.05) is 11.3 Å². The standard InChI is InChI=1S/C17H20N2O5S/c1-8-7-25-17(23)19(8)6-13(21)24-12(5)16(22)15-9(2)14(11(4)20)10(3)18-15/h7,12,18H,6H2,1-5H3. The number of carbonyl (C=O) groups excluding carboxylic acids is 3. The van der Waals surface area contributed by atoms with Crippen LogP contribution in [0.4, 0.5) is 0 Å². The molecular weight excluding hydrogens is 344 g/mol. The van der Waals surface area contributed by atoms with E-state index in [9.17, 15) is 19.2 Å². The van der Waals surface area contributed by atoms with Crippen molar-refractivity contribution in [1.29, 1.82) is 0 Å². The topological polar surface area (TPSA) is 98.2 Å². The van der Waals surface area contributed by atoms with Crippen LogP contribution in [-0.4, -0.2) is 33.2 Å². The first-order valence-corrected chi connectivity index (χ1v) is 8.60. The first kappa shape index (κ1) is 18.9. The Labute approximate surface area is 148 Å². The van der Waals surface area contributed by atoms with Gasteiger partial charge in [-0.3, -0.25) is 23.7 Å². The van der Waals surface area contributed by atoms with Crippen molar-refractivity contribution in [2.24, 2.45) is 0 Å². The number of H-pyrrole nitrogens is 1. The van der Waals surface area contributed by atoms with E-state index in [1.165, 1.54) is 18.4 Å². The maximum Gasteiger partial charge on any atom is 0.326 e. The summed E-state index contributed by atoms with van der Waals surface area (Å²) in [6.07, 6.45) is -1.03. The van der Waals surface area contributed by atoms with Gasteiger partial charge in [-0.05, 0) is 40.2 Å². The van der Waals surface area contributed by atoms with Crippen molar-refractivity contribution in [3.8, 4) is 0 Å². The predicted octanol–water partition coefficient (Wildman–Crippen LogP) is 2.18. The normalized spacial score (nSPS) is 12.0. The molecule has 0 fully saturated rings. The molecule has 0 radical (unpaired) electrons. The molecular formula is C17H20N2O5S. The van der Waals surface area contributed by atoms with Gasteiger partial charge in [0, 0.05) is 22.3 Å². The van der Waals surface area contributed by atoms with Crippen LogP contribution in [0.1, 0.15) is 51.6 Å². The summed E-state index contributed by atoms with van der Waals surface area (Å²) < 4.78 is 6.46. The number of ketones is 2. The Kier molecular flexibility index (Phi) is 5.42. The molecule has 1 unspecified atom stereocenters. The molecule has 1 atom stereocenters. The second-order valence-corrected chi connectivity index (χ2v) is 6.73. The van der Waals surface area contributed by atoms with Crippen molar-refractivity contribution in [3.63, 3.8) is 0 Å². The number of ether oxygens (including phenoxy) is 1. The fourth-order valence-corrected chi connectivity index (χ4v) is 3.48. The van der Waals surface area contributed by atoms with Crippen LogP contribution >= 0.6 is 11.3 Å². The molecule has 134 valence electrons. The number of hydrogen-bond acceptors (Lipinski definition) is 6. The molecule has 0 amide bonds. The number of Topliss-reactive ketones (excluding diaryl/α,β-unsaturated/α-hetero) is 2. The highest BCUT2D eigenvalue weighted by Gasteiger charge is 2.26. The molecule has 8 heteroatoms. The van der Waals surface area contributed by atoms with Crippen molar-refractivity contribution in [2.45, 2.75) is 47.3 Å². The number of nitrogens with one attached hydrogen (secondary N) is 1. The summed E-state index contributed by atoms with van der Waals surface area (Å²) in [6, 6.07) is 0. The SMILES string of the molecule is CC(=O)c1c(C)[nH]c(C(=O)C(C)OC(=O)Cn2c(C)csc2=O)c1C. The van der Waals surface area contributed by atoms with Crippen molar-refractivity contribution < 1.29 is 19.1 Å². The molecule has 7 nitrogen and oxygen atoms in total. The molecule has 0 aromatic carbocycles. The Balaban J connectivity index is 2.13. The second-order valence-electron chi connectivity index (χ2n) is 5.91. The number of esters is 1. The van der Waals surface area contributed by atoms with Gasteiger partial charge in [0.2, 0.25) is 5.78 Å². The molecule has 0 aliphatic rings. The number of aromatic amines is 1. The molecule has 0 spiro atoms. The number of hydrogen-bond donors (Lipinski definition) is 1. The van der Waals surface area contributed by atoms with Gasteiger partial charge in [0.1, 0.15) is 6.54 Å². The largest absolute Gasteiger partial charge is 0.453 e. The van der Waals surface area contributed by atoms with E-state index in [0.29, 0.717) is 22.5 Å². The van der Waals surface area contributed by atoms with Gasteiger partial charge in [-0.15, -0.1) is 0 Å². The number of aromatic nitrogens is 2. The summed E-state index contributed by atoms with van der Waals surface area (Å²) in [6.45, 7) is 7.76. The third-order valence-corrected chi connectivity index (χ3v) is 4.86. The van der Waals surface area contributed by atoms with Crippen LogP contribution in [0, 0.1) is 20.8 Å². The molecule has 2 heterocycles. The molecule has 1 N–H and O–H groups in total. The fourth-order valence-electron chi connectivity index (χ4n) is 2.74. The lowest BCUT2D eigenvalue weighted by Gasteiger charge is -2.13. The first-order valence-electron chi connectivity index (χ1n) is 7.72. The van der Waals surface area contributed by atoms with E-state index in [0.717, 1.165) is 11.3 Å². The van der Waals surface area contributed by atoms with Crippen molar-refractivity contribution in [2.75, 3.05) is 0 Å². The van der Waals surface area contributed by atoms with Gasteiger partial charge in [0.05, 0.1) is 5.69 Å². The first-order chi connectivity index (χ1) is 11.6. The van der Waals surface area contributed by atoms with E-state index in [-0.39, 0.29) is 22.9 Å². The van der Waals surface area contributed by atoms with Crippen molar-refractivity contribution in [1.82, 2.24) is 9.55 Å². The Morgan fingerprint density at radius 3 is 2.40 bits per heavy atom. The number of rotatable bonds is 6. The quantitative estimate of drug-likeness (QED) is 0.626. The Hall–Kier alpha value is -2.48. The summed E-state index contributed by atoms with van der Waals surface area (Å²) in [5.74, 6) is -1.23. The fraction of sp³-hybridized carbons (Fsp3) is 0.412. The zero-order chi connectivity index (χ0) is 18.9. The van der Waals surface area contributed by atoms with Gasteiger partial charge < -0.3 is 9.72 Å². The highest BCUT2D eigenvalue weighted by molar-refractivity contribution is 7.07. The highest BCUT2D eigenvalue weighted by atomic mass is 32.1. The minimum absolute atomic E-state index is 0.137. The average molecular weight is 364 g/mol. The Morgan fingerprint density at radius 2 is 1.92 bits per heavy atom. The summed E-state index contributed by atoms with van der Waals surface area (Å²) in [5.41, 5.74) is 2.54. The molecule has 0 bridgehead atoms. The van der Waals surface area contributed by atoms with Crippen LogP contribution in [0.25, 0.3) is 0 Å². The van der Waals surface area contributed by atoms with Crippen LogP contribution in [0.3, 0.4) is 0 Å². The van der Waals surface area contributed by atoms with Crippen LogP contribution in [-0.2, 0) is 16.1 Å². The average Bonchev–Trinajstić information content (AvgIpc) is 2.99. The minimum Gasteiger partial charge on any atom is -0.453 e. The zero-order valence-electron chi connectivity index (χ0n) is 14.8. The lowest BCUT2D eigenvalue weighted by atomic mass is 10.0. The molecule has 0 saturated carbocycles. The van der Waals surface area contributed by atoms with Crippen molar-refractivity contribution in [3.05, 3.63) is 43.3 Å². The molecule has 0 saturated heterocycles. The predicted molar refractivity (Wildman–Crippen MR) is 93.5 cm³/mol. The molecule has 2 rings (SSSR count). The number of thiazole rings is 1.